The van der Waals surface area contributed by atoms with Crippen LogP contribution in [0.4, 0.5) is 0 Å². The van der Waals surface area contributed by atoms with Crippen molar-refractivity contribution in [3.8, 4) is 0 Å². The van der Waals surface area contributed by atoms with E-state index in [0.717, 1.165) is 5.39 Å². The highest BCUT2D eigenvalue weighted by molar-refractivity contribution is 7.53. The number of nitrogens with two attached hydrogens (primary N) is 1. The molecule has 30 heavy (non-hydrogen) atoms. The van der Waals surface area contributed by atoms with Gasteiger partial charge in [0.1, 0.15) is 5.66 Å². The Morgan fingerprint density at radius 3 is 1.90 bits per heavy atom. The third-order valence-electron chi connectivity index (χ3n) is 5.12. The van der Waals surface area contributed by atoms with Crippen molar-refractivity contribution in [2.24, 2.45) is 5.73 Å². The molecule has 0 saturated heterocycles. The lowest BCUT2D eigenvalue weighted by molar-refractivity contribution is 0.0954. The summed E-state index contributed by atoms with van der Waals surface area (Å²) in [5.74, 6) is -1.69. The van der Waals surface area contributed by atoms with Gasteiger partial charge in [-0.05, 0) is 39.2 Å². The molecule has 0 radical (unpaired) electrons. The first kappa shape index (κ1) is 20.0. The first-order valence-electron chi connectivity index (χ1n) is 9.17. The highest BCUT2D eigenvalue weighted by Gasteiger charge is 2.39. The lowest BCUT2D eigenvalue weighted by Crippen LogP contribution is -2.20. The summed E-state index contributed by atoms with van der Waals surface area (Å²) in [4.78, 5) is 45.8. The third-order valence-corrected chi connectivity index (χ3v) is 6.30. The molecule has 1 unspecified atom stereocenters. The van der Waals surface area contributed by atoms with Gasteiger partial charge in [-0.15, -0.1) is 0 Å². The molecule has 0 aliphatic heterocycles. The molecule has 4 aromatic carbocycles. The smallest absolute Gasteiger partial charge is 0.340 e. The average Bonchev–Trinajstić information content (AvgIpc) is 2.72. The van der Waals surface area contributed by atoms with E-state index in [2.05, 4.69) is 0 Å². The highest BCUT2D eigenvalue weighted by Crippen LogP contribution is 2.54. The topological polar surface area (TPSA) is 118 Å². The van der Waals surface area contributed by atoms with Crippen LogP contribution in [-0.4, -0.2) is 21.5 Å². The van der Waals surface area contributed by atoms with Crippen LogP contribution >= 0.6 is 7.60 Å². The van der Waals surface area contributed by atoms with E-state index in [4.69, 9.17) is 5.73 Å². The zero-order valence-corrected chi connectivity index (χ0v) is 16.6. The van der Waals surface area contributed by atoms with Crippen molar-refractivity contribution in [2.45, 2.75) is 5.66 Å². The van der Waals surface area contributed by atoms with Crippen molar-refractivity contribution < 1.29 is 23.9 Å². The van der Waals surface area contributed by atoms with Crippen LogP contribution in [-0.2, 0) is 4.57 Å². The average molecular weight is 419 g/mol. The molecule has 150 valence electrons. The fourth-order valence-electron chi connectivity index (χ4n) is 3.76. The molecular formula is C23H18NO5P. The fourth-order valence-corrected chi connectivity index (χ4v) is 4.79. The maximum atomic E-state index is 13.5. The number of carbonyl (C=O) groups excluding carboxylic acids is 2. The van der Waals surface area contributed by atoms with Gasteiger partial charge in [-0.2, -0.15) is 0 Å². The number of amides is 1. The molecule has 4 rings (SSSR count). The number of Topliss-reactive ketones (excluding diaryl/α,β-unsaturated/α-hetero) is 1. The number of benzene rings is 4. The zero-order valence-electron chi connectivity index (χ0n) is 15.7. The Labute approximate surface area is 172 Å². The summed E-state index contributed by atoms with van der Waals surface area (Å²) < 4.78 is 12.5. The van der Waals surface area contributed by atoms with Gasteiger partial charge in [0.15, 0.2) is 5.78 Å². The van der Waals surface area contributed by atoms with Crippen LogP contribution in [0.1, 0.15) is 31.9 Å². The van der Waals surface area contributed by atoms with Gasteiger partial charge in [0.2, 0.25) is 5.91 Å². The van der Waals surface area contributed by atoms with E-state index >= 15 is 0 Å². The maximum Gasteiger partial charge on any atom is 0.340 e. The molecule has 6 nitrogen and oxygen atoms in total. The van der Waals surface area contributed by atoms with E-state index < -0.39 is 24.9 Å². The lowest BCUT2D eigenvalue weighted by atomic mass is 9.92. The minimum Gasteiger partial charge on any atom is -0.366 e. The molecule has 1 amide bonds. The highest BCUT2D eigenvalue weighted by atomic mass is 31.2. The van der Waals surface area contributed by atoms with Crippen LogP contribution < -0.4 is 5.73 Å². The number of fused-ring (bicyclic) bond motifs is 2. The van der Waals surface area contributed by atoms with E-state index in [1.54, 1.807) is 60.7 Å². The summed E-state index contributed by atoms with van der Waals surface area (Å²) in [6, 6.07) is 22.0. The molecule has 0 spiro atoms. The summed E-state index contributed by atoms with van der Waals surface area (Å²) in [6.07, 6.45) is 0. The fraction of sp³-hybridized carbons (Fsp3) is 0.0435. The van der Waals surface area contributed by atoms with Crippen molar-refractivity contribution >= 4 is 40.8 Å². The van der Waals surface area contributed by atoms with Crippen molar-refractivity contribution in [3.05, 3.63) is 95.6 Å². The first-order valence-corrected chi connectivity index (χ1v) is 10.9. The Bertz CT molecular complexity index is 1350. The Morgan fingerprint density at radius 1 is 0.767 bits per heavy atom. The molecule has 0 heterocycles. The van der Waals surface area contributed by atoms with Crippen LogP contribution in [0.3, 0.4) is 0 Å². The second-order valence-electron chi connectivity index (χ2n) is 7.03. The van der Waals surface area contributed by atoms with Gasteiger partial charge < -0.3 is 15.5 Å². The molecule has 0 bridgehead atoms. The number of hydrogen-bond donors (Lipinski definition) is 3. The van der Waals surface area contributed by atoms with Crippen LogP contribution in [0.25, 0.3) is 21.5 Å². The summed E-state index contributed by atoms with van der Waals surface area (Å²) in [7, 11) is -4.94. The number of carbonyl (C=O) groups is 2. The predicted octanol–water partition coefficient (Wildman–Crippen LogP) is 4.19. The van der Waals surface area contributed by atoms with E-state index in [1.807, 2.05) is 0 Å². The van der Waals surface area contributed by atoms with Crippen molar-refractivity contribution in [1.82, 2.24) is 0 Å². The quantitative estimate of drug-likeness (QED) is 0.331. The number of rotatable bonds is 5. The van der Waals surface area contributed by atoms with E-state index in [1.165, 1.54) is 18.2 Å². The van der Waals surface area contributed by atoms with Gasteiger partial charge in [-0.25, -0.2) is 0 Å². The molecule has 0 aliphatic carbocycles. The van der Waals surface area contributed by atoms with E-state index in [9.17, 15) is 23.9 Å². The predicted molar refractivity (Wildman–Crippen MR) is 116 cm³/mol. The Balaban J connectivity index is 1.98. The lowest BCUT2D eigenvalue weighted by Gasteiger charge is -2.21. The largest absolute Gasteiger partial charge is 0.366 e. The minimum atomic E-state index is -4.94. The second kappa shape index (κ2) is 7.50. The molecule has 0 aromatic heterocycles. The SMILES string of the molecule is NC(=O)c1cc2ccccc2cc1C(=O)C(c1cccc2ccccc12)P(=O)(O)O. The standard InChI is InChI=1S/C23H18NO5P/c24-23(26)20-13-16-8-2-1-7-15(16)12-19(20)21(25)22(30(27,28)29)18-11-5-9-14-6-3-4-10-17(14)18/h1-13,22H,(H2,24,26)(H2,27,28,29). The van der Waals surface area contributed by atoms with Gasteiger partial charge >= 0.3 is 7.60 Å². The van der Waals surface area contributed by atoms with Crippen LogP contribution in [0.2, 0.25) is 0 Å². The maximum absolute atomic E-state index is 13.5. The monoisotopic (exact) mass is 419 g/mol. The van der Waals surface area contributed by atoms with E-state index in [-0.39, 0.29) is 16.7 Å². The second-order valence-corrected chi connectivity index (χ2v) is 8.73. The molecule has 4 N–H and O–H groups in total. The Morgan fingerprint density at radius 2 is 1.30 bits per heavy atom. The van der Waals surface area contributed by atoms with E-state index in [0.29, 0.717) is 16.2 Å². The Hall–Kier alpha value is -3.31. The van der Waals surface area contributed by atoms with Crippen LogP contribution in [0, 0.1) is 0 Å². The summed E-state index contributed by atoms with van der Waals surface area (Å²) in [5, 5.41) is 2.66. The van der Waals surface area contributed by atoms with Gasteiger partial charge in [-0.3, -0.25) is 14.2 Å². The molecular weight excluding hydrogens is 401 g/mol. The van der Waals surface area contributed by atoms with Crippen molar-refractivity contribution in [1.29, 1.82) is 0 Å². The molecule has 0 fully saturated rings. The summed E-state index contributed by atoms with van der Waals surface area (Å²) in [5.41, 5.74) is 3.76. The minimum absolute atomic E-state index is 0.0719. The molecule has 1 atom stereocenters. The van der Waals surface area contributed by atoms with Crippen LogP contribution in [0.5, 0.6) is 0 Å². The van der Waals surface area contributed by atoms with Gasteiger partial charge in [0.25, 0.3) is 0 Å². The van der Waals surface area contributed by atoms with Crippen molar-refractivity contribution in [3.63, 3.8) is 0 Å². The molecule has 0 saturated carbocycles. The first-order chi connectivity index (χ1) is 14.3. The van der Waals surface area contributed by atoms with Gasteiger partial charge in [-0.1, -0.05) is 66.7 Å². The molecule has 7 heteroatoms. The Kier molecular flexibility index (Phi) is 5.00. The summed E-state index contributed by atoms with van der Waals surface area (Å²) >= 11 is 0. The zero-order chi connectivity index (χ0) is 21.5. The molecule has 4 aromatic rings. The van der Waals surface area contributed by atoms with Gasteiger partial charge in [0.05, 0.1) is 5.56 Å². The van der Waals surface area contributed by atoms with Crippen molar-refractivity contribution in [2.75, 3.05) is 0 Å². The number of hydrogen-bond acceptors (Lipinski definition) is 3. The molecule has 0 aliphatic rings. The summed E-state index contributed by atoms with van der Waals surface area (Å²) in [6.45, 7) is 0. The normalized spacial score (nSPS) is 12.7. The third kappa shape index (κ3) is 3.53. The number of ketones is 1. The van der Waals surface area contributed by atoms with Crippen LogP contribution in [0.15, 0.2) is 78.9 Å². The van der Waals surface area contributed by atoms with Gasteiger partial charge in [0, 0.05) is 5.56 Å². The number of primary amides is 1.